The number of benzene rings is 1. The maximum Gasteiger partial charge on any atom is 0.322 e. The van der Waals surface area contributed by atoms with Crippen LogP contribution in [0.25, 0.3) is 0 Å². The minimum atomic E-state index is -0.505. The Labute approximate surface area is 156 Å². The predicted molar refractivity (Wildman–Crippen MR) is 96.4 cm³/mol. The topological polar surface area (TPSA) is 86.8 Å². The van der Waals surface area contributed by atoms with Crippen molar-refractivity contribution in [1.29, 1.82) is 5.26 Å². The lowest BCUT2D eigenvalue weighted by Crippen LogP contribution is -2.35. The fourth-order valence-corrected chi connectivity index (χ4v) is 3.94. The molecule has 1 N–H and O–H groups in total. The molecule has 8 heteroatoms. The molecule has 2 amide bonds. The minimum Gasteiger partial charge on any atom is -0.314 e. The van der Waals surface area contributed by atoms with E-state index in [1.807, 2.05) is 6.07 Å². The molecule has 4 rings (SSSR count). The van der Waals surface area contributed by atoms with E-state index in [0.717, 1.165) is 56.4 Å². The Morgan fingerprint density at radius 3 is 2.96 bits per heavy atom. The molecular formula is C19H21FN6O. The third-order valence-electron chi connectivity index (χ3n) is 5.29. The van der Waals surface area contributed by atoms with Gasteiger partial charge in [0, 0.05) is 19.5 Å². The maximum absolute atomic E-state index is 13.3. The Morgan fingerprint density at radius 1 is 1.22 bits per heavy atom. The van der Waals surface area contributed by atoms with E-state index < -0.39 is 5.82 Å². The van der Waals surface area contributed by atoms with Gasteiger partial charge in [-0.1, -0.05) is 6.42 Å². The average molecular weight is 368 g/mol. The molecule has 2 aromatic rings. The molecular weight excluding hydrogens is 347 g/mol. The van der Waals surface area contributed by atoms with Crippen LogP contribution < -0.4 is 5.32 Å². The number of aromatic nitrogens is 3. The first-order valence-corrected chi connectivity index (χ1v) is 9.36. The van der Waals surface area contributed by atoms with Crippen molar-refractivity contribution in [2.45, 2.75) is 51.1 Å². The molecule has 2 aliphatic rings. The summed E-state index contributed by atoms with van der Waals surface area (Å²) in [4.78, 5) is 14.6. The number of amides is 2. The highest BCUT2D eigenvalue weighted by Gasteiger charge is 2.34. The number of hydrogen-bond acceptors (Lipinski definition) is 4. The van der Waals surface area contributed by atoms with Gasteiger partial charge in [0.2, 0.25) is 0 Å². The Morgan fingerprint density at radius 2 is 2.11 bits per heavy atom. The molecule has 1 aromatic heterocycles. The molecule has 0 bridgehead atoms. The van der Waals surface area contributed by atoms with E-state index in [2.05, 4.69) is 20.1 Å². The highest BCUT2D eigenvalue weighted by Crippen LogP contribution is 2.33. The molecule has 0 radical (unpaired) electrons. The number of nitriles is 1. The molecule has 2 aliphatic heterocycles. The second-order valence-electron chi connectivity index (χ2n) is 7.02. The smallest absolute Gasteiger partial charge is 0.314 e. The quantitative estimate of drug-likeness (QED) is 0.880. The molecule has 1 aromatic carbocycles. The van der Waals surface area contributed by atoms with Crippen LogP contribution in [0.5, 0.6) is 0 Å². The van der Waals surface area contributed by atoms with E-state index in [-0.39, 0.29) is 17.6 Å². The van der Waals surface area contributed by atoms with Crippen LogP contribution in [0.1, 0.15) is 55.4 Å². The summed E-state index contributed by atoms with van der Waals surface area (Å²) in [7, 11) is 0. The molecule has 1 atom stereocenters. The Kier molecular flexibility index (Phi) is 4.75. The van der Waals surface area contributed by atoms with E-state index in [4.69, 9.17) is 0 Å². The summed E-state index contributed by atoms with van der Waals surface area (Å²) in [5.41, 5.74) is 0.421. The van der Waals surface area contributed by atoms with E-state index in [9.17, 15) is 14.4 Å². The van der Waals surface area contributed by atoms with Crippen LogP contribution in [0.3, 0.4) is 0 Å². The molecule has 1 unspecified atom stereocenters. The number of carbonyl (C=O) groups excluding carboxylic acids is 1. The number of carbonyl (C=O) groups is 1. The third kappa shape index (κ3) is 3.37. The van der Waals surface area contributed by atoms with Crippen molar-refractivity contribution in [3.05, 3.63) is 41.2 Å². The Balaban J connectivity index is 1.56. The molecule has 1 saturated heterocycles. The molecule has 0 aliphatic carbocycles. The lowest BCUT2D eigenvalue weighted by molar-refractivity contribution is 0.203. The number of fused-ring (bicyclic) bond motifs is 1. The van der Waals surface area contributed by atoms with Crippen molar-refractivity contribution in [1.82, 2.24) is 19.7 Å². The van der Waals surface area contributed by atoms with Crippen molar-refractivity contribution in [2.24, 2.45) is 0 Å². The number of rotatable bonds is 2. The molecule has 7 nitrogen and oxygen atoms in total. The summed E-state index contributed by atoms with van der Waals surface area (Å²) >= 11 is 0. The van der Waals surface area contributed by atoms with Crippen LogP contribution in [0.15, 0.2) is 18.2 Å². The van der Waals surface area contributed by atoms with Gasteiger partial charge in [-0.2, -0.15) is 5.26 Å². The normalized spacial score (nSPS) is 19.3. The number of anilines is 1. The SMILES string of the molecule is N#Cc1cc(F)ccc1NC(=O)N1CCCC1c1nnc2n1CCCCC2. The largest absolute Gasteiger partial charge is 0.322 e. The molecule has 27 heavy (non-hydrogen) atoms. The van der Waals surface area contributed by atoms with E-state index in [1.165, 1.54) is 18.6 Å². The van der Waals surface area contributed by atoms with Gasteiger partial charge in [-0.05, 0) is 43.9 Å². The molecule has 0 spiro atoms. The number of halogens is 1. The summed E-state index contributed by atoms with van der Waals surface area (Å²) in [6.07, 6.45) is 6.04. The van der Waals surface area contributed by atoms with Crippen molar-refractivity contribution < 1.29 is 9.18 Å². The Hall–Kier alpha value is -2.95. The van der Waals surface area contributed by atoms with Crippen molar-refractivity contribution in [3.63, 3.8) is 0 Å². The van der Waals surface area contributed by atoms with Crippen LogP contribution >= 0.6 is 0 Å². The molecule has 1 fully saturated rings. The Bertz CT molecular complexity index is 902. The first kappa shape index (κ1) is 17.5. The monoisotopic (exact) mass is 368 g/mol. The highest BCUT2D eigenvalue weighted by molar-refractivity contribution is 5.91. The van der Waals surface area contributed by atoms with Crippen molar-refractivity contribution >= 4 is 11.7 Å². The first-order chi connectivity index (χ1) is 13.2. The second kappa shape index (κ2) is 7.35. The standard InChI is InChI=1S/C19H21FN6O/c20-14-7-8-15(13(11-14)12-21)22-19(27)25-10-4-5-16(25)18-24-23-17-6-2-1-3-9-26(17)18/h7-8,11,16H,1-6,9-10H2,(H,22,27). The fourth-order valence-electron chi connectivity index (χ4n) is 3.94. The number of urea groups is 1. The summed E-state index contributed by atoms with van der Waals surface area (Å²) < 4.78 is 15.5. The zero-order chi connectivity index (χ0) is 18.8. The zero-order valence-corrected chi connectivity index (χ0v) is 15.0. The molecule has 140 valence electrons. The van der Waals surface area contributed by atoms with Gasteiger partial charge in [-0.15, -0.1) is 10.2 Å². The van der Waals surface area contributed by atoms with Crippen molar-refractivity contribution in [2.75, 3.05) is 11.9 Å². The highest BCUT2D eigenvalue weighted by atomic mass is 19.1. The zero-order valence-electron chi connectivity index (χ0n) is 15.0. The second-order valence-corrected chi connectivity index (χ2v) is 7.02. The van der Waals surface area contributed by atoms with Gasteiger partial charge in [-0.3, -0.25) is 0 Å². The lowest BCUT2D eigenvalue weighted by Gasteiger charge is -2.25. The minimum absolute atomic E-state index is 0.107. The third-order valence-corrected chi connectivity index (χ3v) is 5.29. The van der Waals surface area contributed by atoms with Crippen LogP contribution in [-0.4, -0.2) is 32.2 Å². The van der Waals surface area contributed by atoms with Gasteiger partial charge < -0.3 is 14.8 Å². The van der Waals surface area contributed by atoms with Crippen LogP contribution in [0.2, 0.25) is 0 Å². The maximum atomic E-state index is 13.3. The number of likely N-dealkylation sites (tertiary alicyclic amines) is 1. The number of nitrogens with zero attached hydrogens (tertiary/aromatic N) is 5. The van der Waals surface area contributed by atoms with E-state index >= 15 is 0 Å². The van der Waals surface area contributed by atoms with Gasteiger partial charge in [0.15, 0.2) is 5.82 Å². The fraction of sp³-hybridized carbons (Fsp3) is 0.474. The molecule has 3 heterocycles. The summed E-state index contributed by atoms with van der Waals surface area (Å²) in [5.74, 6) is 1.34. The number of aryl methyl sites for hydroxylation is 1. The van der Waals surface area contributed by atoms with Crippen molar-refractivity contribution in [3.8, 4) is 6.07 Å². The summed E-state index contributed by atoms with van der Waals surface area (Å²) in [5, 5.41) is 20.7. The summed E-state index contributed by atoms with van der Waals surface area (Å²) in [6, 6.07) is 5.26. The lowest BCUT2D eigenvalue weighted by atomic mass is 10.2. The predicted octanol–water partition coefficient (Wildman–Crippen LogP) is 3.38. The number of nitrogens with one attached hydrogen (secondary N) is 1. The van der Waals surface area contributed by atoms with Gasteiger partial charge >= 0.3 is 6.03 Å². The van der Waals surface area contributed by atoms with Gasteiger partial charge in [-0.25, -0.2) is 9.18 Å². The van der Waals surface area contributed by atoms with Crippen LogP contribution in [0, 0.1) is 17.1 Å². The van der Waals surface area contributed by atoms with Crippen LogP contribution in [0.4, 0.5) is 14.9 Å². The average Bonchev–Trinajstić information content (AvgIpc) is 3.24. The van der Waals surface area contributed by atoms with E-state index in [0.29, 0.717) is 12.2 Å². The van der Waals surface area contributed by atoms with Crippen LogP contribution in [-0.2, 0) is 13.0 Å². The van der Waals surface area contributed by atoms with Gasteiger partial charge in [0.1, 0.15) is 17.7 Å². The van der Waals surface area contributed by atoms with E-state index in [1.54, 1.807) is 4.90 Å². The molecule has 0 saturated carbocycles. The first-order valence-electron chi connectivity index (χ1n) is 9.36. The number of hydrogen-bond donors (Lipinski definition) is 1. The van der Waals surface area contributed by atoms with Gasteiger partial charge in [0.05, 0.1) is 17.3 Å². The van der Waals surface area contributed by atoms with Gasteiger partial charge in [0.25, 0.3) is 0 Å². The summed E-state index contributed by atoms with van der Waals surface area (Å²) in [6.45, 7) is 1.50.